The summed E-state index contributed by atoms with van der Waals surface area (Å²) >= 11 is 5.84. The van der Waals surface area contributed by atoms with E-state index in [0.717, 1.165) is 38.9 Å². The van der Waals surface area contributed by atoms with E-state index in [2.05, 4.69) is 10.2 Å². The number of amides is 2. The lowest BCUT2D eigenvalue weighted by Crippen LogP contribution is -2.38. The summed E-state index contributed by atoms with van der Waals surface area (Å²) in [7, 11) is 0. The van der Waals surface area contributed by atoms with Crippen LogP contribution in [0.4, 0.5) is 0 Å². The predicted octanol–water partition coefficient (Wildman–Crippen LogP) is 1.26. The molecule has 1 aromatic rings. The number of hydrogen-bond acceptors (Lipinski definition) is 4. The second-order valence-corrected chi connectivity index (χ2v) is 6.92. The zero-order chi connectivity index (χ0) is 18.2. The van der Waals surface area contributed by atoms with Gasteiger partial charge >= 0.3 is 0 Å². The van der Waals surface area contributed by atoms with Crippen LogP contribution in [0.25, 0.3) is 0 Å². The van der Waals surface area contributed by atoms with Crippen molar-refractivity contribution in [3.8, 4) is 0 Å². The SMILES string of the molecule is NC(=O)C(CC(=O)NCCCN1CCC(O)CC1)c1ccc(Cl)cc1. The summed E-state index contributed by atoms with van der Waals surface area (Å²) in [5.74, 6) is -1.36. The summed E-state index contributed by atoms with van der Waals surface area (Å²) in [4.78, 5) is 26.1. The molecule has 1 saturated heterocycles. The van der Waals surface area contributed by atoms with Crippen LogP contribution in [-0.2, 0) is 9.59 Å². The first-order valence-corrected chi connectivity index (χ1v) is 9.05. The maximum absolute atomic E-state index is 12.1. The van der Waals surface area contributed by atoms with E-state index in [-0.39, 0.29) is 18.4 Å². The molecule has 0 saturated carbocycles. The van der Waals surface area contributed by atoms with Crippen molar-refractivity contribution in [1.82, 2.24) is 10.2 Å². The molecular weight excluding hydrogens is 342 g/mol. The van der Waals surface area contributed by atoms with Crippen molar-refractivity contribution >= 4 is 23.4 Å². The number of carbonyl (C=O) groups excluding carboxylic acids is 2. The molecule has 0 radical (unpaired) electrons. The van der Waals surface area contributed by atoms with Crippen LogP contribution >= 0.6 is 11.6 Å². The molecule has 6 nitrogen and oxygen atoms in total. The molecule has 1 aliphatic heterocycles. The number of carbonyl (C=O) groups is 2. The molecule has 7 heteroatoms. The molecule has 0 bridgehead atoms. The van der Waals surface area contributed by atoms with E-state index in [1.165, 1.54) is 0 Å². The third-order valence-corrected chi connectivity index (χ3v) is 4.79. The van der Waals surface area contributed by atoms with Crippen LogP contribution in [0.1, 0.15) is 37.2 Å². The Morgan fingerprint density at radius 1 is 1.28 bits per heavy atom. The van der Waals surface area contributed by atoms with Gasteiger partial charge in [0.05, 0.1) is 12.0 Å². The number of nitrogens with one attached hydrogen (secondary N) is 1. The summed E-state index contributed by atoms with van der Waals surface area (Å²) < 4.78 is 0. The maximum atomic E-state index is 12.1. The van der Waals surface area contributed by atoms with E-state index in [1.54, 1.807) is 24.3 Å². The number of nitrogens with zero attached hydrogens (tertiary/aromatic N) is 1. The number of aliphatic hydroxyl groups is 1. The summed E-state index contributed by atoms with van der Waals surface area (Å²) in [5.41, 5.74) is 6.13. The highest BCUT2D eigenvalue weighted by Crippen LogP contribution is 2.21. The van der Waals surface area contributed by atoms with Crippen LogP contribution < -0.4 is 11.1 Å². The third-order valence-electron chi connectivity index (χ3n) is 4.54. The first kappa shape index (κ1) is 19.7. The lowest BCUT2D eigenvalue weighted by molar-refractivity contribution is -0.126. The molecule has 0 aliphatic carbocycles. The van der Waals surface area contributed by atoms with E-state index >= 15 is 0 Å². The number of likely N-dealkylation sites (tertiary alicyclic amines) is 1. The van der Waals surface area contributed by atoms with Crippen molar-refractivity contribution in [1.29, 1.82) is 0 Å². The molecule has 25 heavy (non-hydrogen) atoms. The fourth-order valence-electron chi connectivity index (χ4n) is 3.01. The Kier molecular flexibility index (Phi) is 7.68. The van der Waals surface area contributed by atoms with Gasteiger partial charge in [0.15, 0.2) is 0 Å². The van der Waals surface area contributed by atoms with Gasteiger partial charge in [-0.1, -0.05) is 23.7 Å². The lowest BCUT2D eigenvalue weighted by Gasteiger charge is -2.29. The van der Waals surface area contributed by atoms with Crippen LogP contribution in [0.5, 0.6) is 0 Å². The fourth-order valence-corrected chi connectivity index (χ4v) is 3.13. The number of piperidine rings is 1. The number of nitrogens with two attached hydrogens (primary N) is 1. The van der Waals surface area contributed by atoms with Crippen LogP contribution in [0.3, 0.4) is 0 Å². The predicted molar refractivity (Wildman–Crippen MR) is 97.3 cm³/mol. The zero-order valence-electron chi connectivity index (χ0n) is 14.3. The number of aliphatic hydroxyl groups excluding tert-OH is 1. The Labute approximate surface area is 153 Å². The molecule has 2 rings (SSSR count). The highest BCUT2D eigenvalue weighted by molar-refractivity contribution is 6.30. The van der Waals surface area contributed by atoms with Crippen molar-refractivity contribution in [2.24, 2.45) is 5.73 Å². The molecule has 1 heterocycles. The smallest absolute Gasteiger partial charge is 0.225 e. The van der Waals surface area contributed by atoms with Crippen LogP contribution in [-0.4, -0.2) is 54.1 Å². The Morgan fingerprint density at radius 3 is 2.52 bits per heavy atom. The highest BCUT2D eigenvalue weighted by atomic mass is 35.5. The van der Waals surface area contributed by atoms with Gasteiger partial charge in [-0.25, -0.2) is 0 Å². The maximum Gasteiger partial charge on any atom is 0.225 e. The normalized spacial score (nSPS) is 17.2. The van der Waals surface area contributed by atoms with Crippen LogP contribution in [0.2, 0.25) is 5.02 Å². The van der Waals surface area contributed by atoms with Gasteiger partial charge in [0, 0.05) is 31.1 Å². The number of rotatable bonds is 8. The zero-order valence-corrected chi connectivity index (χ0v) is 15.0. The first-order valence-electron chi connectivity index (χ1n) is 8.67. The Balaban J connectivity index is 1.72. The molecule has 4 N–H and O–H groups in total. The molecule has 1 aliphatic rings. The van der Waals surface area contributed by atoms with Gasteiger partial charge in [-0.15, -0.1) is 0 Å². The molecule has 1 atom stereocenters. The van der Waals surface area contributed by atoms with E-state index in [9.17, 15) is 14.7 Å². The minimum absolute atomic E-state index is 0.0346. The standard InChI is InChI=1S/C18H26ClN3O3/c19-14-4-2-13(3-5-14)16(18(20)25)12-17(24)21-8-1-9-22-10-6-15(23)7-11-22/h2-5,15-16,23H,1,6-12H2,(H2,20,25)(H,21,24). The van der Waals surface area contributed by atoms with Crippen molar-refractivity contribution < 1.29 is 14.7 Å². The molecule has 1 unspecified atom stereocenters. The topological polar surface area (TPSA) is 95.7 Å². The molecular formula is C18H26ClN3O3. The number of benzene rings is 1. The molecule has 138 valence electrons. The summed E-state index contributed by atoms with van der Waals surface area (Å²) in [5, 5.41) is 12.9. The Morgan fingerprint density at radius 2 is 1.92 bits per heavy atom. The van der Waals surface area contributed by atoms with Gasteiger partial charge < -0.3 is 21.1 Å². The van der Waals surface area contributed by atoms with Gasteiger partial charge in [-0.2, -0.15) is 0 Å². The summed E-state index contributed by atoms with van der Waals surface area (Å²) in [6, 6.07) is 6.80. The van der Waals surface area contributed by atoms with Gasteiger partial charge in [0.1, 0.15) is 0 Å². The van der Waals surface area contributed by atoms with Crippen molar-refractivity contribution in [2.45, 2.75) is 37.7 Å². The van der Waals surface area contributed by atoms with Crippen molar-refractivity contribution in [3.63, 3.8) is 0 Å². The van der Waals surface area contributed by atoms with Crippen LogP contribution in [0.15, 0.2) is 24.3 Å². The fraction of sp³-hybridized carbons (Fsp3) is 0.556. The first-order chi connectivity index (χ1) is 12.0. The minimum atomic E-state index is -0.652. The third kappa shape index (κ3) is 6.65. The van der Waals surface area contributed by atoms with Gasteiger partial charge in [0.2, 0.25) is 11.8 Å². The number of halogens is 1. The molecule has 2 amide bonds. The molecule has 1 fully saturated rings. The summed E-state index contributed by atoms with van der Waals surface area (Å²) in [6.45, 7) is 3.25. The average molecular weight is 368 g/mol. The van der Waals surface area contributed by atoms with E-state index < -0.39 is 11.8 Å². The summed E-state index contributed by atoms with van der Waals surface area (Å²) in [6.07, 6.45) is 2.33. The minimum Gasteiger partial charge on any atom is -0.393 e. The molecule has 1 aromatic carbocycles. The average Bonchev–Trinajstić information content (AvgIpc) is 2.59. The van der Waals surface area contributed by atoms with Crippen molar-refractivity contribution in [3.05, 3.63) is 34.9 Å². The van der Waals surface area contributed by atoms with E-state index in [1.807, 2.05) is 0 Å². The molecule has 0 spiro atoms. The van der Waals surface area contributed by atoms with E-state index in [0.29, 0.717) is 17.1 Å². The molecule has 0 aromatic heterocycles. The van der Waals surface area contributed by atoms with Crippen LogP contribution in [0, 0.1) is 0 Å². The Hall–Kier alpha value is -1.63. The second kappa shape index (κ2) is 9.75. The monoisotopic (exact) mass is 367 g/mol. The van der Waals surface area contributed by atoms with Gasteiger partial charge in [0.25, 0.3) is 0 Å². The van der Waals surface area contributed by atoms with Crippen molar-refractivity contribution in [2.75, 3.05) is 26.2 Å². The van der Waals surface area contributed by atoms with E-state index in [4.69, 9.17) is 17.3 Å². The van der Waals surface area contributed by atoms with Gasteiger partial charge in [-0.3, -0.25) is 9.59 Å². The largest absolute Gasteiger partial charge is 0.393 e. The van der Waals surface area contributed by atoms with Gasteiger partial charge in [-0.05, 0) is 43.5 Å². The highest BCUT2D eigenvalue weighted by Gasteiger charge is 2.21. The lowest BCUT2D eigenvalue weighted by atomic mass is 9.95. The number of primary amides is 1. The Bertz CT molecular complexity index is 571. The quantitative estimate of drug-likeness (QED) is 0.603. The number of hydrogen-bond donors (Lipinski definition) is 3. The second-order valence-electron chi connectivity index (χ2n) is 6.49.